The minimum Gasteiger partial charge on any atom is -0.383 e. The molecule has 88 valence electrons. The first kappa shape index (κ1) is 11.6. The van der Waals surface area contributed by atoms with Gasteiger partial charge < -0.3 is 11.1 Å². The minimum atomic E-state index is 0.474. The Hall–Kier alpha value is -0.840. The van der Waals surface area contributed by atoms with Gasteiger partial charge in [-0.15, -0.1) is 0 Å². The molecule has 1 aliphatic carbocycles. The Bertz CT molecular complexity index is 349. The molecule has 5 heteroatoms. The van der Waals surface area contributed by atoms with Gasteiger partial charge in [-0.25, -0.2) is 4.98 Å². The fourth-order valence-corrected chi connectivity index (χ4v) is 2.60. The number of hydrogen-bond acceptors (Lipinski definition) is 4. The molecule has 0 aliphatic heterocycles. The molecule has 2 unspecified atom stereocenters. The second-order valence-electron chi connectivity index (χ2n) is 4.45. The van der Waals surface area contributed by atoms with Crippen molar-refractivity contribution in [2.75, 3.05) is 11.1 Å². The third-order valence-electron chi connectivity index (χ3n) is 3.14. The van der Waals surface area contributed by atoms with Gasteiger partial charge in [0.15, 0.2) is 0 Å². The second-order valence-corrected chi connectivity index (χ2v) is 5.26. The molecule has 0 saturated heterocycles. The van der Waals surface area contributed by atoms with Crippen LogP contribution in [0.3, 0.4) is 0 Å². The van der Waals surface area contributed by atoms with Crippen LogP contribution in [0.5, 0.6) is 0 Å². The highest BCUT2D eigenvalue weighted by atomic mass is 79.9. The number of nitrogens with zero attached hydrogens (tertiary/aromatic N) is 2. The van der Waals surface area contributed by atoms with Gasteiger partial charge in [0.25, 0.3) is 0 Å². The average molecular weight is 285 g/mol. The second kappa shape index (κ2) is 4.99. The number of nitrogens with two attached hydrogens (primary N) is 1. The van der Waals surface area contributed by atoms with E-state index >= 15 is 0 Å². The standard InChI is InChI=1S/C11H17BrN4/c1-7-4-2-3-5-8(7)14-11-15-9(12)6-10(13)16-11/h6-8H,2-5H2,1H3,(H3,13,14,15,16). The molecule has 3 N–H and O–H groups in total. The van der Waals surface area contributed by atoms with Crippen molar-refractivity contribution >= 4 is 27.7 Å². The van der Waals surface area contributed by atoms with E-state index in [1.54, 1.807) is 6.07 Å². The molecule has 1 aliphatic rings. The molecule has 0 spiro atoms. The topological polar surface area (TPSA) is 63.8 Å². The third kappa shape index (κ3) is 2.84. The Morgan fingerprint density at radius 3 is 2.81 bits per heavy atom. The monoisotopic (exact) mass is 284 g/mol. The molecule has 1 saturated carbocycles. The van der Waals surface area contributed by atoms with Gasteiger partial charge in [0.2, 0.25) is 5.95 Å². The van der Waals surface area contributed by atoms with Crippen LogP contribution in [0.1, 0.15) is 32.6 Å². The van der Waals surface area contributed by atoms with Crippen molar-refractivity contribution in [2.24, 2.45) is 5.92 Å². The smallest absolute Gasteiger partial charge is 0.225 e. The van der Waals surface area contributed by atoms with Crippen molar-refractivity contribution in [3.63, 3.8) is 0 Å². The number of halogens is 1. The van der Waals surface area contributed by atoms with Gasteiger partial charge in [-0.3, -0.25) is 0 Å². The van der Waals surface area contributed by atoms with Crippen molar-refractivity contribution in [1.29, 1.82) is 0 Å². The van der Waals surface area contributed by atoms with Crippen molar-refractivity contribution in [3.05, 3.63) is 10.7 Å². The molecule has 2 atom stereocenters. The Kier molecular flexibility index (Phi) is 3.63. The zero-order valence-electron chi connectivity index (χ0n) is 9.41. The summed E-state index contributed by atoms with van der Waals surface area (Å²) in [7, 11) is 0. The summed E-state index contributed by atoms with van der Waals surface area (Å²) in [5, 5.41) is 3.38. The Balaban J connectivity index is 2.07. The number of nitrogens with one attached hydrogen (secondary N) is 1. The van der Waals surface area contributed by atoms with Gasteiger partial charge in [0.1, 0.15) is 10.4 Å². The molecule has 0 bridgehead atoms. The maximum Gasteiger partial charge on any atom is 0.225 e. The van der Waals surface area contributed by atoms with Crippen molar-refractivity contribution < 1.29 is 0 Å². The van der Waals surface area contributed by atoms with Crippen LogP contribution in [0.4, 0.5) is 11.8 Å². The summed E-state index contributed by atoms with van der Waals surface area (Å²) in [5.41, 5.74) is 5.68. The first-order chi connectivity index (χ1) is 7.65. The summed E-state index contributed by atoms with van der Waals surface area (Å²) < 4.78 is 0.728. The maximum atomic E-state index is 5.68. The average Bonchev–Trinajstić information content (AvgIpc) is 2.20. The SMILES string of the molecule is CC1CCCCC1Nc1nc(N)cc(Br)n1. The number of aromatic nitrogens is 2. The van der Waals surface area contributed by atoms with E-state index < -0.39 is 0 Å². The van der Waals surface area contributed by atoms with Gasteiger partial charge in [0.05, 0.1) is 0 Å². The van der Waals surface area contributed by atoms with E-state index in [2.05, 4.69) is 38.1 Å². The third-order valence-corrected chi connectivity index (χ3v) is 3.55. The Morgan fingerprint density at radius 2 is 2.12 bits per heavy atom. The molecule has 1 aromatic rings. The largest absolute Gasteiger partial charge is 0.383 e. The Morgan fingerprint density at radius 1 is 1.38 bits per heavy atom. The quantitative estimate of drug-likeness (QED) is 0.820. The van der Waals surface area contributed by atoms with Crippen LogP contribution in [-0.2, 0) is 0 Å². The Labute approximate surface area is 104 Å². The fourth-order valence-electron chi connectivity index (χ4n) is 2.20. The summed E-state index contributed by atoms with van der Waals surface area (Å²) in [6, 6.07) is 2.18. The molecule has 16 heavy (non-hydrogen) atoms. The lowest BCUT2D eigenvalue weighted by Crippen LogP contribution is -2.31. The van der Waals surface area contributed by atoms with Crippen LogP contribution in [0, 0.1) is 5.92 Å². The molecular formula is C11H17BrN4. The summed E-state index contributed by atoms with van der Waals surface area (Å²) in [6.45, 7) is 2.28. The van der Waals surface area contributed by atoms with E-state index in [1.807, 2.05) is 0 Å². The minimum absolute atomic E-state index is 0.474. The molecule has 0 radical (unpaired) electrons. The van der Waals surface area contributed by atoms with Crippen LogP contribution in [0.15, 0.2) is 10.7 Å². The van der Waals surface area contributed by atoms with Crippen LogP contribution >= 0.6 is 15.9 Å². The van der Waals surface area contributed by atoms with Gasteiger partial charge in [-0.1, -0.05) is 19.8 Å². The summed E-state index contributed by atoms with van der Waals surface area (Å²) in [4.78, 5) is 8.47. The maximum absolute atomic E-state index is 5.68. The highest BCUT2D eigenvalue weighted by Crippen LogP contribution is 2.26. The highest BCUT2D eigenvalue weighted by Gasteiger charge is 2.21. The lowest BCUT2D eigenvalue weighted by Gasteiger charge is -2.29. The van der Waals surface area contributed by atoms with Gasteiger partial charge in [-0.05, 0) is 34.7 Å². The van der Waals surface area contributed by atoms with E-state index in [-0.39, 0.29) is 0 Å². The summed E-state index contributed by atoms with van der Waals surface area (Å²) in [5.74, 6) is 1.80. The van der Waals surface area contributed by atoms with Crippen LogP contribution in [0.2, 0.25) is 0 Å². The molecule has 1 aromatic heterocycles. The van der Waals surface area contributed by atoms with Crippen LogP contribution < -0.4 is 11.1 Å². The van der Waals surface area contributed by atoms with Crippen molar-refractivity contribution in [1.82, 2.24) is 9.97 Å². The number of nitrogen functional groups attached to an aromatic ring is 1. The van der Waals surface area contributed by atoms with Crippen molar-refractivity contribution in [3.8, 4) is 0 Å². The van der Waals surface area contributed by atoms with E-state index in [0.29, 0.717) is 23.7 Å². The predicted octanol–water partition coefficient (Wildman–Crippen LogP) is 2.81. The van der Waals surface area contributed by atoms with Crippen molar-refractivity contribution in [2.45, 2.75) is 38.6 Å². The van der Waals surface area contributed by atoms with E-state index in [1.165, 1.54) is 25.7 Å². The van der Waals surface area contributed by atoms with Gasteiger partial charge in [-0.2, -0.15) is 4.98 Å². The summed E-state index contributed by atoms with van der Waals surface area (Å²) in [6.07, 6.45) is 5.09. The fraction of sp³-hybridized carbons (Fsp3) is 0.636. The van der Waals surface area contributed by atoms with Crippen LogP contribution in [0.25, 0.3) is 0 Å². The highest BCUT2D eigenvalue weighted by molar-refractivity contribution is 9.10. The molecule has 2 rings (SSSR count). The molecule has 0 amide bonds. The first-order valence-corrected chi connectivity index (χ1v) is 6.51. The molecule has 1 heterocycles. The lowest BCUT2D eigenvalue weighted by atomic mass is 9.86. The lowest BCUT2D eigenvalue weighted by molar-refractivity contribution is 0.348. The normalized spacial score (nSPS) is 25.4. The van der Waals surface area contributed by atoms with E-state index in [0.717, 1.165) is 4.60 Å². The molecule has 1 fully saturated rings. The molecular weight excluding hydrogens is 268 g/mol. The van der Waals surface area contributed by atoms with Crippen LogP contribution in [-0.4, -0.2) is 16.0 Å². The molecule has 4 nitrogen and oxygen atoms in total. The predicted molar refractivity (Wildman–Crippen MR) is 69.2 cm³/mol. The van der Waals surface area contributed by atoms with E-state index in [9.17, 15) is 0 Å². The summed E-state index contributed by atoms with van der Waals surface area (Å²) >= 11 is 3.32. The first-order valence-electron chi connectivity index (χ1n) is 5.72. The van der Waals surface area contributed by atoms with Gasteiger partial charge >= 0.3 is 0 Å². The molecule has 0 aromatic carbocycles. The number of hydrogen-bond donors (Lipinski definition) is 2. The zero-order valence-corrected chi connectivity index (χ0v) is 11.0. The van der Waals surface area contributed by atoms with Gasteiger partial charge in [0, 0.05) is 12.1 Å². The number of anilines is 2. The van der Waals surface area contributed by atoms with E-state index in [4.69, 9.17) is 5.73 Å². The number of rotatable bonds is 2. The zero-order chi connectivity index (χ0) is 11.5.